The van der Waals surface area contributed by atoms with Gasteiger partial charge in [0.15, 0.2) is 0 Å². The number of hydrogen-bond acceptors (Lipinski definition) is 3. The first-order valence-electron chi connectivity index (χ1n) is 4.97. The van der Waals surface area contributed by atoms with E-state index < -0.39 is 0 Å². The lowest BCUT2D eigenvalue weighted by molar-refractivity contribution is -0.117. The van der Waals surface area contributed by atoms with Crippen LogP contribution in [0.1, 0.15) is 37.8 Å². The smallest absolute Gasteiger partial charge is 0.147 e. The fraction of sp³-hybridized carbons (Fsp3) is 0.700. The molecule has 1 heterocycles. The number of rotatable bonds is 5. The van der Waals surface area contributed by atoms with Crippen LogP contribution in [-0.2, 0) is 11.3 Å². The van der Waals surface area contributed by atoms with Crippen LogP contribution in [0.5, 0.6) is 0 Å². The lowest BCUT2D eigenvalue weighted by Crippen LogP contribution is -2.03. The van der Waals surface area contributed by atoms with Gasteiger partial charge in [-0.1, -0.05) is 0 Å². The van der Waals surface area contributed by atoms with Crippen molar-refractivity contribution in [2.75, 3.05) is 0 Å². The van der Waals surface area contributed by atoms with Crippen molar-refractivity contribution in [2.45, 2.75) is 46.6 Å². The van der Waals surface area contributed by atoms with Crippen molar-refractivity contribution in [3.05, 3.63) is 11.6 Å². The maximum atomic E-state index is 10.7. The number of carbonyl (C=O) groups is 1. The van der Waals surface area contributed by atoms with Crippen LogP contribution in [0.2, 0.25) is 0 Å². The quantitative estimate of drug-likeness (QED) is 0.671. The molecule has 0 atom stereocenters. The van der Waals surface area contributed by atoms with Crippen molar-refractivity contribution in [1.82, 2.24) is 14.8 Å². The minimum Gasteiger partial charge on any atom is -0.300 e. The minimum absolute atomic E-state index is 0.261. The first kappa shape index (κ1) is 10.9. The number of ketones is 1. The molecule has 14 heavy (non-hydrogen) atoms. The van der Waals surface area contributed by atoms with Crippen molar-refractivity contribution < 1.29 is 4.79 Å². The standard InChI is InChI=1S/C10H17N3O/c1-8(14)6-4-5-7-13-10(3)11-9(2)12-13/h4-7H2,1-3H3. The molecular formula is C10H17N3O. The van der Waals surface area contributed by atoms with Crippen molar-refractivity contribution in [2.24, 2.45) is 0 Å². The molecule has 0 amide bonds. The van der Waals surface area contributed by atoms with Gasteiger partial charge in [-0.2, -0.15) is 5.10 Å². The number of aromatic nitrogens is 3. The van der Waals surface area contributed by atoms with Crippen LogP contribution < -0.4 is 0 Å². The van der Waals surface area contributed by atoms with Crippen molar-refractivity contribution in [3.63, 3.8) is 0 Å². The fourth-order valence-corrected chi connectivity index (χ4v) is 1.41. The van der Waals surface area contributed by atoms with Crippen molar-refractivity contribution >= 4 is 5.78 Å². The van der Waals surface area contributed by atoms with Gasteiger partial charge in [0.25, 0.3) is 0 Å². The molecule has 1 aromatic rings. The predicted octanol–water partition coefficient (Wildman–Crippen LogP) is 1.65. The predicted molar refractivity (Wildman–Crippen MR) is 54.0 cm³/mol. The first-order valence-corrected chi connectivity index (χ1v) is 4.97. The molecule has 0 spiro atoms. The Hall–Kier alpha value is -1.19. The molecule has 0 N–H and O–H groups in total. The van der Waals surface area contributed by atoms with Crippen LogP contribution in [0, 0.1) is 13.8 Å². The van der Waals surface area contributed by atoms with E-state index in [9.17, 15) is 4.79 Å². The number of hydrogen-bond donors (Lipinski definition) is 0. The Morgan fingerprint density at radius 3 is 2.57 bits per heavy atom. The molecule has 4 nitrogen and oxygen atoms in total. The van der Waals surface area contributed by atoms with E-state index in [1.807, 2.05) is 18.5 Å². The van der Waals surface area contributed by atoms with E-state index in [4.69, 9.17) is 0 Å². The van der Waals surface area contributed by atoms with Gasteiger partial charge in [-0.25, -0.2) is 4.98 Å². The Balaban J connectivity index is 2.31. The van der Waals surface area contributed by atoms with E-state index in [1.54, 1.807) is 6.92 Å². The average molecular weight is 195 g/mol. The summed E-state index contributed by atoms with van der Waals surface area (Å²) >= 11 is 0. The maximum Gasteiger partial charge on any atom is 0.147 e. The van der Waals surface area contributed by atoms with Gasteiger partial charge in [0, 0.05) is 13.0 Å². The molecule has 1 aromatic heterocycles. The van der Waals surface area contributed by atoms with Gasteiger partial charge in [-0.05, 0) is 33.6 Å². The van der Waals surface area contributed by atoms with Gasteiger partial charge in [-0.3, -0.25) is 4.68 Å². The molecule has 0 saturated heterocycles. The van der Waals surface area contributed by atoms with Crippen LogP contribution in [-0.4, -0.2) is 20.5 Å². The van der Waals surface area contributed by atoms with E-state index in [-0.39, 0.29) is 5.78 Å². The van der Waals surface area contributed by atoms with E-state index >= 15 is 0 Å². The summed E-state index contributed by atoms with van der Waals surface area (Å²) in [5.41, 5.74) is 0. The third kappa shape index (κ3) is 3.28. The Labute approximate surface area is 84.3 Å². The molecule has 0 aliphatic heterocycles. The molecule has 0 bridgehead atoms. The van der Waals surface area contributed by atoms with Crippen molar-refractivity contribution in [3.8, 4) is 0 Å². The van der Waals surface area contributed by atoms with Gasteiger partial charge < -0.3 is 4.79 Å². The van der Waals surface area contributed by atoms with Gasteiger partial charge in [-0.15, -0.1) is 0 Å². The average Bonchev–Trinajstić information content (AvgIpc) is 2.39. The summed E-state index contributed by atoms with van der Waals surface area (Å²) in [7, 11) is 0. The molecule has 0 saturated carbocycles. The van der Waals surface area contributed by atoms with Gasteiger partial charge in [0.05, 0.1) is 0 Å². The summed E-state index contributed by atoms with van der Waals surface area (Å²) in [6.07, 6.45) is 2.60. The number of aryl methyl sites for hydroxylation is 3. The van der Waals surface area contributed by atoms with E-state index in [1.165, 1.54) is 0 Å². The molecule has 78 valence electrons. The van der Waals surface area contributed by atoms with E-state index in [2.05, 4.69) is 10.1 Å². The maximum absolute atomic E-state index is 10.7. The number of unbranched alkanes of at least 4 members (excludes halogenated alkanes) is 1. The second-order valence-electron chi connectivity index (χ2n) is 3.59. The molecule has 0 aliphatic carbocycles. The summed E-state index contributed by atoms with van der Waals surface area (Å²) in [5.74, 6) is 2.02. The molecule has 1 rings (SSSR count). The second-order valence-corrected chi connectivity index (χ2v) is 3.59. The third-order valence-electron chi connectivity index (χ3n) is 2.11. The summed E-state index contributed by atoms with van der Waals surface area (Å²) < 4.78 is 1.90. The number of carbonyl (C=O) groups excluding carboxylic acids is 1. The largest absolute Gasteiger partial charge is 0.300 e. The van der Waals surface area contributed by atoms with Crippen LogP contribution in [0.3, 0.4) is 0 Å². The summed E-state index contributed by atoms with van der Waals surface area (Å²) in [6, 6.07) is 0. The van der Waals surface area contributed by atoms with E-state index in [0.29, 0.717) is 6.42 Å². The molecule has 0 aliphatic rings. The van der Waals surface area contributed by atoms with Crippen LogP contribution in [0.4, 0.5) is 0 Å². The molecule has 0 unspecified atom stereocenters. The Bertz CT molecular complexity index is 317. The highest BCUT2D eigenvalue weighted by Gasteiger charge is 2.01. The second kappa shape index (κ2) is 4.88. The lowest BCUT2D eigenvalue weighted by atomic mass is 10.2. The molecule has 0 aromatic carbocycles. The van der Waals surface area contributed by atoms with Crippen LogP contribution in [0.25, 0.3) is 0 Å². The van der Waals surface area contributed by atoms with Gasteiger partial charge in [0.1, 0.15) is 17.4 Å². The monoisotopic (exact) mass is 195 g/mol. The summed E-state index contributed by atoms with van der Waals surface area (Å²) in [5, 5.41) is 4.25. The van der Waals surface area contributed by atoms with E-state index in [0.717, 1.165) is 31.0 Å². The molecule has 0 fully saturated rings. The highest BCUT2D eigenvalue weighted by Crippen LogP contribution is 2.02. The molecule has 4 heteroatoms. The minimum atomic E-state index is 0.261. The summed E-state index contributed by atoms with van der Waals surface area (Å²) in [4.78, 5) is 14.9. The Morgan fingerprint density at radius 2 is 2.07 bits per heavy atom. The van der Waals surface area contributed by atoms with Crippen molar-refractivity contribution in [1.29, 1.82) is 0 Å². The van der Waals surface area contributed by atoms with Gasteiger partial charge in [0.2, 0.25) is 0 Å². The zero-order valence-electron chi connectivity index (χ0n) is 9.08. The zero-order chi connectivity index (χ0) is 10.6. The third-order valence-corrected chi connectivity index (χ3v) is 2.11. The zero-order valence-corrected chi connectivity index (χ0v) is 9.08. The normalized spacial score (nSPS) is 10.5. The van der Waals surface area contributed by atoms with Crippen LogP contribution >= 0.6 is 0 Å². The molecular weight excluding hydrogens is 178 g/mol. The Kier molecular flexibility index (Phi) is 3.80. The highest BCUT2D eigenvalue weighted by molar-refractivity contribution is 5.75. The topological polar surface area (TPSA) is 47.8 Å². The SMILES string of the molecule is CC(=O)CCCCn1nc(C)nc1C. The number of nitrogens with zero attached hydrogens (tertiary/aromatic N) is 3. The van der Waals surface area contributed by atoms with Gasteiger partial charge >= 0.3 is 0 Å². The first-order chi connectivity index (χ1) is 6.59. The van der Waals surface area contributed by atoms with Crippen LogP contribution in [0.15, 0.2) is 0 Å². The number of Topliss-reactive ketones (excluding diaryl/α,β-unsaturated/α-hetero) is 1. The molecule has 0 radical (unpaired) electrons. The Morgan fingerprint density at radius 1 is 1.36 bits per heavy atom. The summed E-state index contributed by atoms with van der Waals surface area (Å²) in [6.45, 7) is 6.33. The lowest BCUT2D eigenvalue weighted by Gasteiger charge is -2.01. The fourth-order valence-electron chi connectivity index (χ4n) is 1.41. The highest BCUT2D eigenvalue weighted by atomic mass is 16.1.